The molecule has 1 aromatic carbocycles. The van der Waals surface area contributed by atoms with Crippen molar-refractivity contribution < 1.29 is 14.3 Å². The maximum absolute atomic E-state index is 10.8. The molecule has 1 aromatic heterocycles. The molecule has 5 nitrogen and oxygen atoms in total. The number of rotatable bonds is 4. The normalized spacial score (nSPS) is 10.1. The highest BCUT2D eigenvalue weighted by Gasteiger charge is 2.13. The molecule has 6 heteroatoms. The Kier molecular flexibility index (Phi) is 3.97. The number of furan rings is 1. The van der Waals surface area contributed by atoms with E-state index < -0.39 is 5.97 Å². The Morgan fingerprint density at radius 3 is 2.85 bits per heavy atom. The van der Waals surface area contributed by atoms with Gasteiger partial charge in [0.1, 0.15) is 5.76 Å². The van der Waals surface area contributed by atoms with Crippen molar-refractivity contribution >= 4 is 23.3 Å². The Bertz CT molecular complexity index is 701. The third-order valence-corrected chi connectivity index (χ3v) is 3.13. The Hall–Kier alpha value is -2.45. The van der Waals surface area contributed by atoms with Crippen LogP contribution in [0.15, 0.2) is 28.7 Å². The van der Waals surface area contributed by atoms with Gasteiger partial charge in [0, 0.05) is 12.1 Å². The molecule has 2 aromatic rings. The van der Waals surface area contributed by atoms with Gasteiger partial charge in [-0.05, 0) is 31.2 Å². The number of carboxylic acids is 1. The van der Waals surface area contributed by atoms with E-state index in [2.05, 4.69) is 5.32 Å². The number of carboxylic acid groups (broad SMARTS) is 1. The summed E-state index contributed by atoms with van der Waals surface area (Å²) >= 11 is 6.03. The number of nitriles is 1. The first-order valence-electron chi connectivity index (χ1n) is 5.77. The van der Waals surface area contributed by atoms with Gasteiger partial charge in [-0.3, -0.25) is 0 Å². The van der Waals surface area contributed by atoms with E-state index in [1.165, 1.54) is 6.07 Å². The predicted octanol–water partition coefficient (Wildman–Crippen LogP) is 3.42. The molecule has 0 atom stereocenters. The van der Waals surface area contributed by atoms with E-state index in [-0.39, 0.29) is 5.76 Å². The number of aryl methyl sites for hydroxylation is 1. The van der Waals surface area contributed by atoms with Crippen LogP contribution in [0, 0.1) is 18.3 Å². The van der Waals surface area contributed by atoms with Gasteiger partial charge >= 0.3 is 5.97 Å². The van der Waals surface area contributed by atoms with Crippen molar-refractivity contribution in [3.63, 3.8) is 0 Å². The zero-order valence-electron chi connectivity index (χ0n) is 10.6. The summed E-state index contributed by atoms with van der Waals surface area (Å²) in [5, 5.41) is 21.2. The van der Waals surface area contributed by atoms with Gasteiger partial charge < -0.3 is 14.8 Å². The summed E-state index contributed by atoms with van der Waals surface area (Å²) in [4.78, 5) is 10.8. The SMILES string of the molecule is Cc1oc(C(=O)O)cc1CNc1cc(C#N)ccc1Cl. The molecule has 2 rings (SSSR count). The Balaban J connectivity index is 2.17. The number of hydrogen-bond acceptors (Lipinski definition) is 4. The minimum atomic E-state index is -1.11. The molecule has 0 saturated heterocycles. The first-order valence-corrected chi connectivity index (χ1v) is 6.15. The summed E-state index contributed by atoms with van der Waals surface area (Å²) in [5.74, 6) is -0.678. The standard InChI is InChI=1S/C14H11ClN2O3/c1-8-10(5-13(20-8)14(18)19)7-17-12-4-9(6-16)2-3-11(12)15/h2-5,17H,7H2,1H3,(H,18,19). The van der Waals surface area contributed by atoms with Gasteiger partial charge in [0.25, 0.3) is 0 Å². The Morgan fingerprint density at radius 2 is 2.25 bits per heavy atom. The van der Waals surface area contributed by atoms with E-state index in [1.807, 2.05) is 6.07 Å². The molecule has 0 aliphatic rings. The molecular formula is C14H11ClN2O3. The van der Waals surface area contributed by atoms with Crippen LogP contribution >= 0.6 is 11.6 Å². The van der Waals surface area contributed by atoms with Crippen molar-refractivity contribution in [3.8, 4) is 6.07 Å². The molecule has 0 fully saturated rings. The zero-order chi connectivity index (χ0) is 14.7. The Labute approximate surface area is 120 Å². The quantitative estimate of drug-likeness (QED) is 0.901. The summed E-state index contributed by atoms with van der Waals surface area (Å²) < 4.78 is 5.11. The number of nitrogens with zero attached hydrogens (tertiary/aromatic N) is 1. The minimum Gasteiger partial charge on any atom is -0.475 e. The first kappa shape index (κ1) is 14.0. The number of carbonyl (C=O) groups is 1. The molecule has 0 bridgehead atoms. The fourth-order valence-corrected chi connectivity index (χ4v) is 1.91. The molecular weight excluding hydrogens is 280 g/mol. The van der Waals surface area contributed by atoms with Crippen LogP contribution in [0.4, 0.5) is 5.69 Å². The number of aromatic carboxylic acids is 1. The van der Waals surface area contributed by atoms with Gasteiger partial charge in [-0.1, -0.05) is 11.6 Å². The van der Waals surface area contributed by atoms with E-state index in [0.717, 1.165) is 5.56 Å². The van der Waals surface area contributed by atoms with Crippen LogP contribution in [-0.4, -0.2) is 11.1 Å². The number of hydrogen-bond donors (Lipinski definition) is 2. The molecule has 0 unspecified atom stereocenters. The third kappa shape index (κ3) is 2.92. The number of anilines is 1. The van der Waals surface area contributed by atoms with Crippen LogP contribution in [0.2, 0.25) is 5.02 Å². The summed E-state index contributed by atoms with van der Waals surface area (Å²) in [7, 11) is 0. The summed E-state index contributed by atoms with van der Waals surface area (Å²) in [6.07, 6.45) is 0. The highest BCUT2D eigenvalue weighted by molar-refractivity contribution is 6.33. The lowest BCUT2D eigenvalue weighted by molar-refractivity contribution is 0.0661. The van der Waals surface area contributed by atoms with Crippen molar-refractivity contribution in [3.05, 3.63) is 51.9 Å². The molecule has 0 aliphatic heterocycles. The van der Waals surface area contributed by atoms with Gasteiger partial charge in [0.2, 0.25) is 5.76 Å². The smallest absolute Gasteiger partial charge is 0.371 e. The summed E-state index contributed by atoms with van der Waals surface area (Å²) in [6.45, 7) is 2.05. The van der Waals surface area contributed by atoms with Crippen LogP contribution < -0.4 is 5.32 Å². The van der Waals surface area contributed by atoms with E-state index in [0.29, 0.717) is 28.6 Å². The number of benzene rings is 1. The molecule has 0 saturated carbocycles. The fraction of sp³-hybridized carbons (Fsp3) is 0.143. The highest BCUT2D eigenvalue weighted by atomic mass is 35.5. The second-order valence-electron chi connectivity index (χ2n) is 4.16. The molecule has 0 spiro atoms. The molecule has 1 heterocycles. The summed E-state index contributed by atoms with van der Waals surface area (Å²) in [5.41, 5.74) is 1.83. The minimum absolute atomic E-state index is 0.101. The van der Waals surface area contributed by atoms with Crippen molar-refractivity contribution in [2.45, 2.75) is 13.5 Å². The van der Waals surface area contributed by atoms with Crippen molar-refractivity contribution in [2.24, 2.45) is 0 Å². The molecule has 0 radical (unpaired) electrons. The second-order valence-corrected chi connectivity index (χ2v) is 4.56. The highest BCUT2D eigenvalue weighted by Crippen LogP contribution is 2.24. The van der Waals surface area contributed by atoms with E-state index in [1.54, 1.807) is 25.1 Å². The molecule has 20 heavy (non-hydrogen) atoms. The van der Waals surface area contributed by atoms with E-state index >= 15 is 0 Å². The van der Waals surface area contributed by atoms with Gasteiger partial charge in [-0.25, -0.2) is 4.79 Å². The number of nitrogens with one attached hydrogen (secondary N) is 1. The average molecular weight is 291 g/mol. The van der Waals surface area contributed by atoms with E-state index in [4.69, 9.17) is 26.4 Å². The molecule has 2 N–H and O–H groups in total. The monoisotopic (exact) mass is 290 g/mol. The maximum Gasteiger partial charge on any atom is 0.371 e. The lowest BCUT2D eigenvalue weighted by Gasteiger charge is -2.07. The third-order valence-electron chi connectivity index (χ3n) is 2.80. The van der Waals surface area contributed by atoms with Crippen molar-refractivity contribution in [1.29, 1.82) is 5.26 Å². The lowest BCUT2D eigenvalue weighted by atomic mass is 10.2. The predicted molar refractivity (Wildman–Crippen MR) is 73.9 cm³/mol. The van der Waals surface area contributed by atoms with Gasteiger partial charge in [-0.15, -0.1) is 0 Å². The summed E-state index contributed by atoms with van der Waals surface area (Å²) in [6, 6.07) is 8.38. The van der Waals surface area contributed by atoms with E-state index in [9.17, 15) is 4.79 Å². The Morgan fingerprint density at radius 1 is 1.50 bits per heavy atom. The van der Waals surface area contributed by atoms with Gasteiger partial charge in [-0.2, -0.15) is 5.26 Å². The van der Waals surface area contributed by atoms with Gasteiger partial charge in [0.05, 0.1) is 22.3 Å². The van der Waals surface area contributed by atoms with Crippen LogP contribution in [0.5, 0.6) is 0 Å². The lowest BCUT2D eigenvalue weighted by Crippen LogP contribution is -2.00. The molecule has 102 valence electrons. The van der Waals surface area contributed by atoms with Crippen molar-refractivity contribution in [2.75, 3.05) is 5.32 Å². The molecule has 0 aliphatic carbocycles. The number of halogens is 1. The van der Waals surface area contributed by atoms with Crippen LogP contribution in [0.25, 0.3) is 0 Å². The maximum atomic E-state index is 10.8. The van der Waals surface area contributed by atoms with Crippen molar-refractivity contribution in [1.82, 2.24) is 0 Å². The molecule has 0 amide bonds. The van der Waals surface area contributed by atoms with Crippen LogP contribution in [-0.2, 0) is 6.54 Å². The van der Waals surface area contributed by atoms with Crippen LogP contribution in [0.3, 0.4) is 0 Å². The fourth-order valence-electron chi connectivity index (χ4n) is 1.72. The van der Waals surface area contributed by atoms with Crippen LogP contribution in [0.1, 0.15) is 27.4 Å². The zero-order valence-corrected chi connectivity index (χ0v) is 11.4. The first-order chi connectivity index (χ1) is 9.51. The largest absolute Gasteiger partial charge is 0.475 e. The van der Waals surface area contributed by atoms with Gasteiger partial charge in [0.15, 0.2) is 0 Å². The topological polar surface area (TPSA) is 86.3 Å². The average Bonchev–Trinajstić information content (AvgIpc) is 2.79. The second kappa shape index (κ2) is 5.68.